The third-order valence-electron chi connectivity index (χ3n) is 2.44. The van der Waals surface area contributed by atoms with Crippen molar-refractivity contribution in [3.63, 3.8) is 0 Å². The second kappa shape index (κ2) is 5.69. The van der Waals surface area contributed by atoms with E-state index in [1.807, 2.05) is 0 Å². The van der Waals surface area contributed by atoms with Crippen molar-refractivity contribution in [2.24, 2.45) is 0 Å². The van der Waals surface area contributed by atoms with Crippen LogP contribution in [0.4, 0.5) is 11.4 Å². The number of nitrogen functional groups attached to an aromatic ring is 1. The summed E-state index contributed by atoms with van der Waals surface area (Å²) in [5, 5.41) is 0.582. The van der Waals surface area contributed by atoms with Crippen LogP contribution in [0.1, 0.15) is 0 Å². The molecule has 106 valence electrons. The molecule has 0 aliphatic carbocycles. The number of nitrogens with one attached hydrogen (secondary N) is 1. The van der Waals surface area contributed by atoms with Gasteiger partial charge in [0.15, 0.2) is 0 Å². The maximum absolute atomic E-state index is 12.3. The fourth-order valence-corrected chi connectivity index (χ4v) is 3.72. The van der Waals surface area contributed by atoms with Crippen molar-refractivity contribution >= 4 is 56.2 Å². The van der Waals surface area contributed by atoms with Crippen LogP contribution in [0.3, 0.4) is 0 Å². The van der Waals surface area contributed by atoms with E-state index in [2.05, 4.69) is 4.72 Å². The fourth-order valence-electron chi connectivity index (χ4n) is 1.58. The summed E-state index contributed by atoms with van der Waals surface area (Å²) in [4.78, 5) is -0.197. The van der Waals surface area contributed by atoms with Crippen LogP contribution in [-0.2, 0) is 10.0 Å². The summed E-state index contributed by atoms with van der Waals surface area (Å²) in [5.74, 6) is 0. The van der Waals surface area contributed by atoms with Crippen LogP contribution in [-0.4, -0.2) is 8.42 Å². The van der Waals surface area contributed by atoms with Crippen molar-refractivity contribution in [2.75, 3.05) is 10.5 Å². The Hall–Kier alpha value is -1.14. The largest absolute Gasteiger partial charge is 0.398 e. The van der Waals surface area contributed by atoms with Gasteiger partial charge in [-0.2, -0.15) is 0 Å². The zero-order chi connectivity index (χ0) is 14.9. The molecule has 0 fully saturated rings. The lowest BCUT2D eigenvalue weighted by Crippen LogP contribution is -2.15. The Labute approximate surface area is 131 Å². The first-order valence-corrected chi connectivity index (χ1v) is 7.95. The van der Waals surface area contributed by atoms with Gasteiger partial charge in [0.25, 0.3) is 10.0 Å². The predicted octanol–water partition coefficient (Wildman–Crippen LogP) is 4.03. The number of hydrogen-bond acceptors (Lipinski definition) is 3. The molecule has 0 saturated heterocycles. The molecule has 0 aromatic heterocycles. The average molecular weight is 352 g/mol. The summed E-state index contributed by atoms with van der Waals surface area (Å²) in [7, 11) is -3.96. The van der Waals surface area contributed by atoms with Gasteiger partial charge in [-0.1, -0.05) is 40.9 Å². The fraction of sp³-hybridized carbons (Fsp3) is 0. The topological polar surface area (TPSA) is 72.2 Å². The molecule has 4 nitrogen and oxygen atoms in total. The van der Waals surface area contributed by atoms with Crippen LogP contribution < -0.4 is 10.5 Å². The first kappa shape index (κ1) is 15.3. The Kier molecular flexibility index (Phi) is 4.34. The molecule has 0 spiro atoms. The van der Waals surface area contributed by atoms with E-state index in [-0.39, 0.29) is 26.3 Å². The van der Waals surface area contributed by atoms with E-state index >= 15 is 0 Å². The molecule has 8 heteroatoms. The zero-order valence-electron chi connectivity index (χ0n) is 9.90. The number of halogens is 3. The zero-order valence-corrected chi connectivity index (χ0v) is 13.0. The first-order chi connectivity index (χ1) is 9.31. The summed E-state index contributed by atoms with van der Waals surface area (Å²) in [6.07, 6.45) is 0. The molecule has 20 heavy (non-hydrogen) atoms. The molecule has 0 unspecified atom stereocenters. The lowest BCUT2D eigenvalue weighted by atomic mass is 10.3. The molecular formula is C12H9Cl3N2O2S. The number of nitrogens with two attached hydrogens (primary N) is 1. The van der Waals surface area contributed by atoms with Gasteiger partial charge in [-0.25, -0.2) is 8.42 Å². The van der Waals surface area contributed by atoms with Crippen LogP contribution in [0.15, 0.2) is 41.3 Å². The van der Waals surface area contributed by atoms with E-state index in [1.54, 1.807) is 12.1 Å². The molecule has 0 aliphatic rings. The molecule has 2 aromatic carbocycles. The predicted molar refractivity (Wildman–Crippen MR) is 83.1 cm³/mol. The van der Waals surface area contributed by atoms with Crippen molar-refractivity contribution in [3.05, 3.63) is 51.5 Å². The van der Waals surface area contributed by atoms with Gasteiger partial charge in [-0.3, -0.25) is 4.72 Å². The summed E-state index contributed by atoms with van der Waals surface area (Å²) in [6.45, 7) is 0. The molecule has 2 rings (SSSR count). The quantitative estimate of drug-likeness (QED) is 0.820. The van der Waals surface area contributed by atoms with Crippen molar-refractivity contribution in [3.8, 4) is 0 Å². The summed E-state index contributed by atoms with van der Waals surface area (Å²) < 4.78 is 27.0. The van der Waals surface area contributed by atoms with Crippen LogP contribution in [0.2, 0.25) is 15.1 Å². The Bertz CT molecular complexity index is 743. The molecule has 3 N–H and O–H groups in total. The molecule has 0 saturated carbocycles. The van der Waals surface area contributed by atoms with Crippen molar-refractivity contribution in [1.82, 2.24) is 0 Å². The van der Waals surface area contributed by atoms with Crippen LogP contribution in [0, 0.1) is 0 Å². The van der Waals surface area contributed by atoms with Gasteiger partial charge in [0, 0.05) is 5.02 Å². The lowest BCUT2D eigenvalue weighted by molar-refractivity contribution is 0.601. The monoisotopic (exact) mass is 350 g/mol. The molecule has 0 bridgehead atoms. The van der Waals surface area contributed by atoms with E-state index in [9.17, 15) is 8.42 Å². The maximum atomic E-state index is 12.3. The molecule has 0 heterocycles. The van der Waals surface area contributed by atoms with E-state index in [0.717, 1.165) is 0 Å². The minimum Gasteiger partial charge on any atom is -0.398 e. The van der Waals surface area contributed by atoms with Gasteiger partial charge >= 0.3 is 0 Å². The van der Waals surface area contributed by atoms with E-state index < -0.39 is 10.0 Å². The highest BCUT2D eigenvalue weighted by Crippen LogP contribution is 2.32. The number of rotatable bonds is 3. The third kappa shape index (κ3) is 3.12. The van der Waals surface area contributed by atoms with E-state index in [1.165, 1.54) is 24.3 Å². The summed E-state index contributed by atoms with van der Waals surface area (Å²) in [6, 6.07) is 8.87. The molecular weight excluding hydrogens is 343 g/mol. The normalized spacial score (nSPS) is 11.3. The minimum atomic E-state index is -3.96. The smallest absolute Gasteiger partial charge is 0.265 e. The summed E-state index contributed by atoms with van der Waals surface area (Å²) >= 11 is 17.6. The SMILES string of the molecule is Nc1cccc(Cl)c1S(=O)(=O)Nc1cc(Cl)ccc1Cl. The van der Waals surface area contributed by atoms with Crippen LogP contribution in [0.25, 0.3) is 0 Å². The highest BCUT2D eigenvalue weighted by atomic mass is 35.5. The van der Waals surface area contributed by atoms with E-state index in [4.69, 9.17) is 40.5 Å². The minimum absolute atomic E-state index is 0.0238. The third-order valence-corrected chi connectivity index (χ3v) is 4.91. The Morgan fingerprint density at radius 3 is 2.35 bits per heavy atom. The number of anilines is 2. The highest BCUT2D eigenvalue weighted by molar-refractivity contribution is 7.93. The van der Waals surface area contributed by atoms with Crippen LogP contribution in [0.5, 0.6) is 0 Å². The first-order valence-electron chi connectivity index (χ1n) is 5.33. The van der Waals surface area contributed by atoms with Gasteiger partial charge in [0.05, 0.1) is 21.4 Å². The maximum Gasteiger partial charge on any atom is 0.265 e. The Morgan fingerprint density at radius 1 is 1.00 bits per heavy atom. The van der Waals surface area contributed by atoms with Gasteiger partial charge < -0.3 is 5.73 Å². The standard InChI is InChI=1S/C12H9Cl3N2O2S/c13-7-4-5-8(14)11(6-7)17-20(18,19)12-9(15)2-1-3-10(12)16/h1-6,17H,16H2. The second-order valence-corrected chi connectivity index (χ2v) is 6.76. The summed E-state index contributed by atoms with van der Waals surface area (Å²) in [5.41, 5.74) is 5.86. The molecule has 0 radical (unpaired) electrons. The highest BCUT2D eigenvalue weighted by Gasteiger charge is 2.22. The van der Waals surface area contributed by atoms with Crippen molar-refractivity contribution in [2.45, 2.75) is 4.90 Å². The molecule has 2 aromatic rings. The Morgan fingerprint density at radius 2 is 1.70 bits per heavy atom. The lowest BCUT2D eigenvalue weighted by Gasteiger charge is -2.12. The van der Waals surface area contributed by atoms with Crippen LogP contribution >= 0.6 is 34.8 Å². The number of hydrogen-bond donors (Lipinski definition) is 2. The van der Waals surface area contributed by atoms with Gasteiger partial charge in [-0.15, -0.1) is 0 Å². The van der Waals surface area contributed by atoms with Gasteiger partial charge in [0.2, 0.25) is 0 Å². The van der Waals surface area contributed by atoms with E-state index in [0.29, 0.717) is 5.02 Å². The molecule has 0 atom stereocenters. The Balaban J connectivity index is 2.49. The average Bonchev–Trinajstić information content (AvgIpc) is 2.33. The number of sulfonamides is 1. The van der Waals surface area contributed by atoms with Crippen molar-refractivity contribution < 1.29 is 8.42 Å². The van der Waals surface area contributed by atoms with Gasteiger partial charge in [-0.05, 0) is 30.3 Å². The molecule has 0 aliphatic heterocycles. The second-order valence-electron chi connectivity index (χ2n) is 3.89. The number of benzene rings is 2. The van der Waals surface area contributed by atoms with Crippen molar-refractivity contribution in [1.29, 1.82) is 0 Å². The van der Waals surface area contributed by atoms with Gasteiger partial charge in [0.1, 0.15) is 4.90 Å². The molecule has 0 amide bonds.